The molecule has 0 amide bonds. The van der Waals surface area contributed by atoms with Crippen molar-refractivity contribution in [2.24, 2.45) is 11.3 Å². The van der Waals surface area contributed by atoms with Crippen LogP contribution in [-0.4, -0.2) is 11.6 Å². The SMILES string of the molecule is CC12C=CC(CC1)C(C(=O)c1ccccc1)=C2C(=O)c1ccccc1. The largest absolute Gasteiger partial charge is 0.289 e. The third kappa shape index (κ3) is 2.58. The lowest BCUT2D eigenvalue weighted by Crippen LogP contribution is -2.37. The van der Waals surface area contributed by atoms with Gasteiger partial charge in [-0.3, -0.25) is 9.59 Å². The molecule has 0 heterocycles. The molecule has 2 nitrogen and oxygen atoms in total. The first-order valence-corrected chi connectivity index (χ1v) is 8.74. The van der Waals surface area contributed by atoms with Crippen molar-refractivity contribution < 1.29 is 9.59 Å². The highest BCUT2D eigenvalue weighted by atomic mass is 16.1. The van der Waals surface area contributed by atoms with Gasteiger partial charge in [0, 0.05) is 33.6 Å². The zero-order valence-electron chi connectivity index (χ0n) is 14.2. The van der Waals surface area contributed by atoms with E-state index in [2.05, 4.69) is 19.1 Å². The summed E-state index contributed by atoms with van der Waals surface area (Å²) in [4.78, 5) is 26.5. The van der Waals surface area contributed by atoms with Crippen LogP contribution in [-0.2, 0) is 0 Å². The van der Waals surface area contributed by atoms with Gasteiger partial charge in [-0.1, -0.05) is 79.7 Å². The molecule has 2 heteroatoms. The summed E-state index contributed by atoms with van der Waals surface area (Å²) in [5, 5.41) is 0. The van der Waals surface area contributed by atoms with Crippen molar-refractivity contribution in [3.63, 3.8) is 0 Å². The number of carbonyl (C=O) groups excluding carboxylic acids is 2. The molecule has 0 aromatic heterocycles. The van der Waals surface area contributed by atoms with Crippen LogP contribution in [0.15, 0.2) is 84.0 Å². The normalized spacial score (nSPS) is 24.4. The van der Waals surface area contributed by atoms with Gasteiger partial charge in [0.25, 0.3) is 0 Å². The molecule has 2 aromatic carbocycles. The predicted molar refractivity (Wildman–Crippen MR) is 98.5 cm³/mol. The minimum atomic E-state index is -0.360. The number of benzene rings is 2. The van der Waals surface area contributed by atoms with E-state index in [0.717, 1.165) is 12.8 Å². The fourth-order valence-electron chi connectivity index (χ4n) is 4.05. The van der Waals surface area contributed by atoms with Crippen LogP contribution in [0.4, 0.5) is 0 Å². The Hall–Kier alpha value is -2.74. The fraction of sp³-hybridized carbons (Fsp3) is 0.217. The zero-order chi connectivity index (χ0) is 17.4. The van der Waals surface area contributed by atoms with E-state index in [1.807, 2.05) is 60.7 Å². The number of hydrogen-bond donors (Lipinski definition) is 0. The highest BCUT2D eigenvalue weighted by Gasteiger charge is 2.45. The van der Waals surface area contributed by atoms with Crippen LogP contribution in [0.3, 0.4) is 0 Å². The third-order valence-corrected chi connectivity index (χ3v) is 5.43. The zero-order valence-corrected chi connectivity index (χ0v) is 14.2. The molecule has 5 rings (SSSR count). The number of ketones is 2. The molecule has 25 heavy (non-hydrogen) atoms. The summed E-state index contributed by atoms with van der Waals surface area (Å²) in [6.07, 6.45) is 6.07. The van der Waals surface area contributed by atoms with Crippen molar-refractivity contribution in [1.29, 1.82) is 0 Å². The maximum atomic E-state index is 13.3. The van der Waals surface area contributed by atoms with Gasteiger partial charge in [-0.2, -0.15) is 0 Å². The minimum absolute atomic E-state index is 0.0137. The van der Waals surface area contributed by atoms with Gasteiger partial charge in [0.2, 0.25) is 0 Å². The van der Waals surface area contributed by atoms with E-state index in [9.17, 15) is 9.59 Å². The summed E-state index contributed by atoms with van der Waals surface area (Å²) in [5.74, 6) is 0.00813. The van der Waals surface area contributed by atoms with Crippen molar-refractivity contribution in [3.05, 3.63) is 95.1 Å². The maximum absolute atomic E-state index is 13.3. The van der Waals surface area contributed by atoms with Gasteiger partial charge in [-0.25, -0.2) is 0 Å². The lowest BCUT2D eigenvalue weighted by molar-refractivity contribution is 0.0958. The molecule has 3 aliphatic carbocycles. The first-order chi connectivity index (χ1) is 12.1. The number of Topliss-reactive ketones (excluding diaryl/α,β-unsaturated/α-hetero) is 2. The Morgan fingerprint density at radius 2 is 1.44 bits per heavy atom. The first-order valence-electron chi connectivity index (χ1n) is 8.74. The van der Waals surface area contributed by atoms with E-state index in [-0.39, 0.29) is 22.9 Å². The molecule has 2 atom stereocenters. The maximum Gasteiger partial charge on any atom is 0.190 e. The van der Waals surface area contributed by atoms with Gasteiger partial charge in [0.15, 0.2) is 11.6 Å². The molecule has 3 aliphatic rings. The molecular formula is C23H20O2. The number of hydrogen-bond acceptors (Lipinski definition) is 2. The second-order valence-corrected chi connectivity index (χ2v) is 7.10. The van der Waals surface area contributed by atoms with Crippen molar-refractivity contribution in [1.82, 2.24) is 0 Å². The van der Waals surface area contributed by atoms with Crippen molar-refractivity contribution in [2.45, 2.75) is 19.8 Å². The molecule has 2 bridgehead atoms. The molecule has 0 N–H and O–H groups in total. The van der Waals surface area contributed by atoms with E-state index in [4.69, 9.17) is 0 Å². The quantitative estimate of drug-likeness (QED) is 0.582. The predicted octanol–water partition coefficient (Wildman–Crippen LogP) is 5.03. The smallest absolute Gasteiger partial charge is 0.190 e. The molecule has 0 saturated heterocycles. The van der Waals surface area contributed by atoms with E-state index in [1.165, 1.54) is 0 Å². The fourth-order valence-corrected chi connectivity index (χ4v) is 4.05. The van der Waals surface area contributed by atoms with Crippen LogP contribution in [0.1, 0.15) is 40.5 Å². The van der Waals surface area contributed by atoms with E-state index >= 15 is 0 Å². The summed E-state index contributed by atoms with van der Waals surface area (Å²) in [6.45, 7) is 2.08. The van der Waals surface area contributed by atoms with Gasteiger partial charge in [0.1, 0.15) is 0 Å². The third-order valence-electron chi connectivity index (χ3n) is 5.43. The van der Waals surface area contributed by atoms with Crippen LogP contribution >= 0.6 is 0 Å². The van der Waals surface area contributed by atoms with Gasteiger partial charge < -0.3 is 0 Å². The van der Waals surface area contributed by atoms with Crippen molar-refractivity contribution in [3.8, 4) is 0 Å². The second-order valence-electron chi connectivity index (χ2n) is 7.10. The molecule has 0 fully saturated rings. The van der Waals surface area contributed by atoms with Crippen LogP contribution in [0, 0.1) is 11.3 Å². The monoisotopic (exact) mass is 328 g/mol. The Bertz CT molecular complexity index is 890. The Balaban J connectivity index is 1.88. The van der Waals surface area contributed by atoms with E-state index in [0.29, 0.717) is 22.3 Å². The molecule has 0 radical (unpaired) electrons. The first kappa shape index (κ1) is 15.8. The Labute approximate surface area is 147 Å². The highest BCUT2D eigenvalue weighted by molar-refractivity contribution is 6.19. The van der Waals surface area contributed by atoms with Crippen LogP contribution in [0.2, 0.25) is 0 Å². The number of carbonyl (C=O) groups is 2. The summed E-state index contributed by atoms with van der Waals surface area (Å²) >= 11 is 0. The van der Waals surface area contributed by atoms with Crippen LogP contribution < -0.4 is 0 Å². The second kappa shape index (κ2) is 5.96. The summed E-state index contributed by atoms with van der Waals surface area (Å²) in [7, 11) is 0. The summed E-state index contributed by atoms with van der Waals surface area (Å²) in [5.41, 5.74) is 2.32. The van der Waals surface area contributed by atoms with Gasteiger partial charge >= 0.3 is 0 Å². The lowest BCUT2D eigenvalue weighted by Gasteiger charge is -2.42. The molecule has 2 unspecified atom stereocenters. The van der Waals surface area contributed by atoms with Crippen molar-refractivity contribution >= 4 is 11.6 Å². The molecule has 2 aromatic rings. The van der Waals surface area contributed by atoms with E-state index < -0.39 is 0 Å². The standard InChI is InChI=1S/C23H20O2/c1-23-14-12-16(13-15-23)19(21(24)17-8-4-2-5-9-17)20(23)22(25)18-10-6-3-7-11-18/h2-12,14,16H,13,15H2,1H3. The summed E-state index contributed by atoms with van der Waals surface area (Å²) in [6, 6.07) is 18.6. The molecule has 0 aliphatic heterocycles. The Morgan fingerprint density at radius 3 is 1.96 bits per heavy atom. The van der Waals surface area contributed by atoms with Crippen molar-refractivity contribution in [2.75, 3.05) is 0 Å². The number of allylic oxidation sites excluding steroid dienone is 4. The topological polar surface area (TPSA) is 34.1 Å². The van der Waals surface area contributed by atoms with Gasteiger partial charge in [0.05, 0.1) is 0 Å². The molecule has 124 valence electrons. The minimum Gasteiger partial charge on any atom is -0.289 e. The van der Waals surface area contributed by atoms with Gasteiger partial charge in [-0.05, 0) is 12.8 Å². The lowest BCUT2D eigenvalue weighted by atomic mass is 9.60. The van der Waals surface area contributed by atoms with Crippen LogP contribution in [0.5, 0.6) is 0 Å². The summed E-state index contributed by atoms with van der Waals surface area (Å²) < 4.78 is 0. The Morgan fingerprint density at radius 1 is 0.880 bits per heavy atom. The average Bonchev–Trinajstić information content (AvgIpc) is 2.68. The van der Waals surface area contributed by atoms with Crippen LogP contribution in [0.25, 0.3) is 0 Å². The molecule has 0 saturated carbocycles. The molecule has 0 spiro atoms. The average molecular weight is 328 g/mol. The van der Waals surface area contributed by atoms with E-state index in [1.54, 1.807) is 0 Å². The highest BCUT2D eigenvalue weighted by Crippen LogP contribution is 2.50. The Kier molecular flexibility index (Phi) is 3.76. The number of fused-ring (bicyclic) bond motifs is 1. The van der Waals surface area contributed by atoms with Gasteiger partial charge in [-0.15, -0.1) is 0 Å². The number of rotatable bonds is 4. The molecular weight excluding hydrogens is 308 g/mol.